The van der Waals surface area contributed by atoms with Crippen molar-refractivity contribution in [3.8, 4) is 5.75 Å². The Balaban J connectivity index is 2.43. The van der Waals surface area contributed by atoms with E-state index in [9.17, 15) is 0 Å². The van der Waals surface area contributed by atoms with Crippen molar-refractivity contribution in [1.29, 1.82) is 0 Å². The van der Waals surface area contributed by atoms with Gasteiger partial charge in [0.1, 0.15) is 17.3 Å². The fourth-order valence-electron chi connectivity index (χ4n) is 1.60. The van der Waals surface area contributed by atoms with Gasteiger partial charge in [0.25, 0.3) is 0 Å². The van der Waals surface area contributed by atoms with Crippen molar-refractivity contribution in [2.24, 2.45) is 5.73 Å². The number of aliphatic hydroxyl groups is 1. The lowest BCUT2D eigenvalue weighted by Crippen LogP contribution is -2.30. The highest BCUT2D eigenvalue weighted by Crippen LogP contribution is 2.13. The van der Waals surface area contributed by atoms with Crippen molar-refractivity contribution >= 4 is 17.2 Å². The largest absolute Gasteiger partial charge is 0.492 e. The molecular formula is C13H20N2O2S. The molecule has 5 heteroatoms. The number of rotatable bonds is 8. The summed E-state index contributed by atoms with van der Waals surface area (Å²) in [5.41, 5.74) is 6.37. The van der Waals surface area contributed by atoms with Gasteiger partial charge in [0.15, 0.2) is 0 Å². The first-order valence-electron chi connectivity index (χ1n) is 6.03. The molecule has 18 heavy (non-hydrogen) atoms. The van der Waals surface area contributed by atoms with E-state index < -0.39 is 0 Å². The van der Waals surface area contributed by atoms with Crippen LogP contribution in [-0.2, 0) is 0 Å². The molecule has 0 aliphatic rings. The van der Waals surface area contributed by atoms with Gasteiger partial charge in [-0.1, -0.05) is 31.3 Å². The van der Waals surface area contributed by atoms with Gasteiger partial charge < -0.3 is 15.6 Å². The van der Waals surface area contributed by atoms with Gasteiger partial charge in [-0.2, -0.15) is 0 Å². The first kappa shape index (κ1) is 14.9. The Morgan fingerprint density at radius 2 is 2.22 bits per heavy atom. The second-order valence-electron chi connectivity index (χ2n) is 3.90. The van der Waals surface area contributed by atoms with Crippen LogP contribution in [0.25, 0.3) is 0 Å². The molecule has 1 rings (SSSR count). The predicted molar refractivity (Wildman–Crippen MR) is 77.0 cm³/mol. The number of ether oxygens (including phenoxy) is 1. The van der Waals surface area contributed by atoms with E-state index in [0.29, 0.717) is 18.1 Å². The molecule has 0 saturated heterocycles. The zero-order valence-corrected chi connectivity index (χ0v) is 11.4. The Labute approximate surface area is 113 Å². The average Bonchev–Trinajstić information content (AvgIpc) is 2.38. The first-order chi connectivity index (χ1) is 8.67. The summed E-state index contributed by atoms with van der Waals surface area (Å²) in [6.07, 6.45) is 0. The normalized spacial score (nSPS) is 10.6. The minimum atomic E-state index is 0.171. The molecule has 0 saturated carbocycles. The van der Waals surface area contributed by atoms with E-state index in [-0.39, 0.29) is 6.61 Å². The molecule has 1 aromatic carbocycles. The lowest BCUT2D eigenvalue weighted by atomic mass is 10.2. The Morgan fingerprint density at radius 3 is 2.83 bits per heavy atom. The summed E-state index contributed by atoms with van der Waals surface area (Å²) in [6.45, 7) is 5.17. The molecular weight excluding hydrogens is 248 g/mol. The molecule has 0 radical (unpaired) electrons. The number of hydrogen-bond acceptors (Lipinski definition) is 4. The first-order valence-corrected chi connectivity index (χ1v) is 6.44. The van der Waals surface area contributed by atoms with Gasteiger partial charge in [-0.25, -0.2) is 0 Å². The third kappa shape index (κ3) is 5.00. The number of nitrogens with two attached hydrogens (primary N) is 1. The Kier molecular flexibility index (Phi) is 6.64. The van der Waals surface area contributed by atoms with Crippen LogP contribution in [0.1, 0.15) is 12.5 Å². The van der Waals surface area contributed by atoms with Crippen LogP contribution in [0, 0.1) is 0 Å². The van der Waals surface area contributed by atoms with Crippen LogP contribution in [0.4, 0.5) is 0 Å². The third-order valence-corrected chi connectivity index (χ3v) is 2.89. The number of hydrogen-bond donors (Lipinski definition) is 2. The van der Waals surface area contributed by atoms with Crippen LogP contribution in [0.2, 0.25) is 0 Å². The zero-order chi connectivity index (χ0) is 13.4. The highest BCUT2D eigenvalue weighted by atomic mass is 32.1. The minimum Gasteiger partial charge on any atom is -0.492 e. The molecule has 0 fully saturated rings. The summed E-state index contributed by atoms with van der Waals surface area (Å²) in [5.74, 6) is 0.764. The molecule has 0 heterocycles. The van der Waals surface area contributed by atoms with E-state index in [1.165, 1.54) is 0 Å². The van der Waals surface area contributed by atoms with E-state index >= 15 is 0 Å². The number of nitrogens with zero attached hydrogens (tertiary/aromatic N) is 1. The van der Waals surface area contributed by atoms with Gasteiger partial charge in [0.05, 0.1) is 6.61 Å². The van der Waals surface area contributed by atoms with Crippen molar-refractivity contribution in [3.05, 3.63) is 29.8 Å². The van der Waals surface area contributed by atoms with Crippen molar-refractivity contribution < 1.29 is 9.84 Å². The third-order valence-electron chi connectivity index (χ3n) is 2.66. The fraction of sp³-hybridized carbons (Fsp3) is 0.462. The maximum Gasteiger partial charge on any atom is 0.120 e. The van der Waals surface area contributed by atoms with Gasteiger partial charge >= 0.3 is 0 Å². The topological polar surface area (TPSA) is 58.7 Å². The van der Waals surface area contributed by atoms with Crippen LogP contribution >= 0.6 is 12.2 Å². The van der Waals surface area contributed by atoms with E-state index in [2.05, 4.69) is 11.8 Å². The quantitative estimate of drug-likeness (QED) is 0.689. The van der Waals surface area contributed by atoms with Crippen LogP contribution < -0.4 is 10.5 Å². The van der Waals surface area contributed by atoms with Crippen LogP contribution in [0.3, 0.4) is 0 Å². The SMILES string of the molecule is CCN(CCO)CCOc1cccc(C(N)=S)c1. The molecule has 0 aliphatic heterocycles. The van der Waals surface area contributed by atoms with Crippen molar-refractivity contribution in [2.45, 2.75) is 6.92 Å². The number of aliphatic hydroxyl groups excluding tert-OH is 1. The standard InChI is InChI=1S/C13H20N2O2S/c1-2-15(6-8-16)7-9-17-12-5-3-4-11(10-12)13(14)18/h3-5,10,16H,2,6-9H2,1H3,(H2,14,18). The molecule has 0 amide bonds. The highest BCUT2D eigenvalue weighted by molar-refractivity contribution is 7.80. The van der Waals surface area contributed by atoms with Crippen molar-refractivity contribution in [3.63, 3.8) is 0 Å². The summed E-state index contributed by atoms with van der Waals surface area (Å²) in [4.78, 5) is 2.49. The van der Waals surface area contributed by atoms with E-state index in [1.807, 2.05) is 24.3 Å². The maximum absolute atomic E-state index is 8.87. The monoisotopic (exact) mass is 268 g/mol. The molecule has 0 aromatic heterocycles. The number of likely N-dealkylation sites (N-methyl/N-ethyl adjacent to an activating group) is 1. The fourth-order valence-corrected chi connectivity index (χ4v) is 1.73. The summed E-state index contributed by atoms with van der Waals surface area (Å²) in [5, 5.41) is 8.87. The highest BCUT2D eigenvalue weighted by Gasteiger charge is 2.02. The molecule has 4 nitrogen and oxygen atoms in total. The predicted octanol–water partition coefficient (Wildman–Crippen LogP) is 1.01. The second kappa shape index (κ2) is 8.02. The Morgan fingerprint density at radius 1 is 1.44 bits per heavy atom. The van der Waals surface area contributed by atoms with Gasteiger partial charge in [-0.3, -0.25) is 4.90 Å². The number of benzene rings is 1. The van der Waals surface area contributed by atoms with E-state index in [0.717, 1.165) is 24.4 Å². The summed E-state index contributed by atoms with van der Waals surface area (Å²) in [7, 11) is 0. The molecule has 0 spiro atoms. The molecule has 0 aliphatic carbocycles. The van der Waals surface area contributed by atoms with Gasteiger partial charge in [0.2, 0.25) is 0 Å². The molecule has 0 bridgehead atoms. The van der Waals surface area contributed by atoms with E-state index in [4.69, 9.17) is 27.8 Å². The Bertz CT molecular complexity index is 385. The lowest BCUT2D eigenvalue weighted by molar-refractivity contribution is 0.174. The smallest absolute Gasteiger partial charge is 0.120 e. The summed E-state index contributed by atoms with van der Waals surface area (Å²) < 4.78 is 5.64. The lowest BCUT2D eigenvalue weighted by Gasteiger charge is -2.19. The van der Waals surface area contributed by atoms with Gasteiger partial charge in [-0.15, -0.1) is 0 Å². The van der Waals surface area contributed by atoms with Crippen LogP contribution in [-0.4, -0.2) is 47.8 Å². The molecule has 100 valence electrons. The van der Waals surface area contributed by atoms with Crippen LogP contribution in [0.5, 0.6) is 5.75 Å². The second-order valence-corrected chi connectivity index (χ2v) is 4.34. The molecule has 0 unspecified atom stereocenters. The number of thiocarbonyl (C=S) groups is 1. The van der Waals surface area contributed by atoms with Crippen LogP contribution in [0.15, 0.2) is 24.3 Å². The average molecular weight is 268 g/mol. The molecule has 0 atom stereocenters. The van der Waals surface area contributed by atoms with Crippen molar-refractivity contribution in [2.75, 3.05) is 32.8 Å². The zero-order valence-electron chi connectivity index (χ0n) is 10.6. The molecule has 3 N–H and O–H groups in total. The minimum absolute atomic E-state index is 0.171. The van der Waals surface area contributed by atoms with Gasteiger partial charge in [-0.05, 0) is 18.7 Å². The van der Waals surface area contributed by atoms with E-state index in [1.54, 1.807) is 0 Å². The summed E-state index contributed by atoms with van der Waals surface area (Å²) >= 11 is 4.92. The Hall–Kier alpha value is -1.17. The van der Waals surface area contributed by atoms with Crippen molar-refractivity contribution in [1.82, 2.24) is 4.90 Å². The maximum atomic E-state index is 8.87. The summed E-state index contributed by atoms with van der Waals surface area (Å²) in [6, 6.07) is 7.45. The van der Waals surface area contributed by atoms with Gasteiger partial charge in [0, 0.05) is 18.7 Å². The molecule has 1 aromatic rings.